The van der Waals surface area contributed by atoms with Gasteiger partial charge in [0.25, 0.3) is 0 Å². The van der Waals surface area contributed by atoms with Crippen LogP contribution in [0.2, 0.25) is 0 Å². The molecule has 1 unspecified atom stereocenters. The Morgan fingerprint density at radius 3 is 2.67 bits per heavy atom. The summed E-state index contributed by atoms with van der Waals surface area (Å²) in [5, 5.41) is 0. The van der Waals surface area contributed by atoms with Crippen LogP contribution in [0.4, 0.5) is 0 Å². The van der Waals surface area contributed by atoms with E-state index in [2.05, 4.69) is 4.98 Å². The summed E-state index contributed by atoms with van der Waals surface area (Å²) < 4.78 is 4.81. The minimum absolute atomic E-state index is 0.0261. The number of likely N-dealkylation sites (N-methyl/N-ethyl adjacent to an activating group) is 1. The smallest absolute Gasteiger partial charge is 0.248 e. The monoisotopic (exact) mass is 208 g/mol. The van der Waals surface area contributed by atoms with Gasteiger partial charge in [-0.15, -0.1) is 0 Å². The van der Waals surface area contributed by atoms with Crippen LogP contribution in [-0.2, 0) is 9.53 Å². The van der Waals surface area contributed by atoms with Crippen molar-refractivity contribution in [2.24, 2.45) is 0 Å². The molecule has 0 aliphatic rings. The Morgan fingerprint density at radius 1 is 1.53 bits per heavy atom. The summed E-state index contributed by atoms with van der Waals surface area (Å²) >= 11 is 0. The summed E-state index contributed by atoms with van der Waals surface area (Å²) in [4.78, 5) is 17.1. The van der Waals surface area contributed by atoms with Crippen LogP contribution in [0, 0.1) is 0 Å². The first kappa shape index (κ1) is 11.7. The number of carbonyl (C=O) groups excluding carboxylic acids is 1. The number of pyridine rings is 1. The Balaban J connectivity index is 2.68. The number of rotatable bonds is 4. The predicted molar refractivity (Wildman–Crippen MR) is 57.3 cm³/mol. The van der Waals surface area contributed by atoms with E-state index in [0.29, 0.717) is 0 Å². The second kappa shape index (κ2) is 5.46. The van der Waals surface area contributed by atoms with Gasteiger partial charge in [0.2, 0.25) is 5.91 Å². The van der Waals surface area contributed by atoms with Gasteiger partial charge in [-0.3, -0.25) is 9.78 Å². The average molecular weight is 208 g/mol. The summed E-state index contributed by atoms with van der Waals surface area (Å²) in [5.74, 6) is -0.0261. The van der Waals surface area contributed by atoms with Crippen LogP contribution in [0.25, 0.3) is 0 Å². The fourth-order valence-corrected chi connectivity index (χ4v) is 1.31. The van der Waals surface area contributed by atoms with Crippen LogP contribution in [0.15, 0.2) is 24.5 Å². The van der Waals surface area contributed by atoms with Gasteiger partial charge in [-0.1, -0.05) is 0 Å². The lowest BCUT2D eigenvalue weighted by Gasteiger charge is -2.24. The Bertz CT molecular complexity index is 314. The van der Waals surface area contributed by atoms with Crippen molar-refractivity contribution in [2.75, 3.05) is 20.8 Å². The van der Waals surface area contributed by atoms with Crippen LogP contribution in [0.5, 0.6) is 0 Å². The third-order valence-corrected chi connectivity index (χ3v) is 2.43. The molecule has 0 saturated heterocycles. The minimum Gasteiger partial charge on any atom is -0.375 e. The van der Waals surface area contributed by atoms with Crippen LogP contribution < -0.4 is 0 Å². The molecule has 0 aromatic carbocycles. The molecule has 1 atom stereocenters. The molecule has 0 fully saturated rings. The second-order valence-corrected chi connectivity index (χ2v) is 3.39. The van der Waals surface area contributed by atoms with Crippen molar-refractivity contribution in [3.05, 3.63) is 30.1 Å². The first-order valence-corrected chi connectivity index (χ1v) is 4.81. The minimum atomic E-state index is -0.0261. The third kappa shape index (κ3) is 3.02. The van der Waals surface area contributed by atoms with E-state index < -0.39 is 0 Å². The topological polar surface area (TPSA) is 42.4 Å². The lowest BCUT2D eigenvalue weighted by molar-refractivity contribution is -0.135. The summed E-state index contributed by atoms with van der Waals surface area (Å²) in [6.45, 7) is 2.09. The first-order chi connectivity index (χ1) is 7.16. The molecule has 1 rings (SSSR count). The van der Waals surface area contributed by atoms with E-state index in [4.69, 9.17) is 4.74 Å². The standard InChI is InChI=1S/C11H16N2O2/c1-9(10-4-6-12-7-5-10)13(2)11(14)8-15-3/h4-7,9H,8H2,1-3H3. The Morgan fingerprint density at radius 2 is 2.13 bits per heavy atom. The van der Waals surface area contributed by atoms with Crippen LogP contribution in [0.3, 0.4) is 0 Å². The second-order valence-electron chi connectivity index (χ2n) is 3.39. The molecule has 1 aromatic heterocycles. The maximum atomic E-state index is 11.5. The number of nitrogens with zero attached hydrogens (tertiary/aromatic N) is 2. The van der Waals surface area contributed by atoms with Crippen molar-refractivity contribution < 1.29 is 9.53 Å². The van der Waals surface area contributed by atoms with Gasteiger partial charge in [0.1, 0.15) is 6.61 Å². The molecule has 4 heteroatoms. The molecule has 0 spiro atoms. The van der Waals surface area contributed by atoms with Gasteiger partial charge < -0.3 is 9.64 Å². The number of aromatic nitrogens is 1. The molecule has 0 N–H and O–H groups in total. The largest absolute Gasteiger partial charge is 0.375 e. The molecule has 0 aliphatic heterocycles. The predicted octanol–water partition coefficient (Wildman–Crippen LogP) is 1.25. The number of methoxy groups -OCH3 is 1. The van der Waals surface area contributed by atoms with Crippen molar-refractivity contribution >= 4 is 5.91 Å². The van der Waals surface area contributed by atoms with Crippen LogP contribution in [-0.4, -0.2) is 36.6 Å². The summed E-state index contributed by atoms with van der Waals surface area (Å²) in [6, 6.07) is 3.85. The lowest BCUT2D eigenvalue weighted by atomic mass is 10.1. The first-order valence-electron chi connectivity index (χ1n) is 4.81. The number of hydrogen-bond acceptors (Lipinski definition) is 3. The Kier molecular flexibility index (Phi) is 4.24. The van der Waals surface area contributed by atoms with Crippen molar-refractivity contribution in [2.45, 2.75) is 13.0 Å². The van der Waals surface area contributed by atoms with Crippen molar-refractivity contribution in [1.82, 2.24) is 9.88 Å². The summed E-state index contributed by atoms with van der Waals surface area (Å²) in [7, 11) is 3.29. The maximum absolute atomic E-state index is 11.5. The number of carbonyl (C=O) groups is 1. The van der Waals surface area contributed by atoms with Gasteiger partial charge >= 0.3 is 0 Å². The molecule has 1 heterocycles. The van der Waals surface area contributed by atoms with Gasteiger partial charge in [0, 0.05) is 26.6 Å². The highest BCUT2D eigenvalue weighted by molar-refractivity contribution is 5.77. The quantitative estimate of drug-likeness (QED) is 0.747. The number of hydrogen-bond donors (Lipinski definition) is 0. The van der Waals surface area contributed by atoms with Gasteiger partial charge in [-0.25, -0.2) is 0 Å². The van der Waals surface area contributed by atoms with Crippen LogP contribution >= 0.6 is 0 Å². The van der Waals surface area contributed by atoms with E-state index in [0.717, 1.165) is 5.56 Å². The molecule has 1 amide bonds. The molecule has 0 saturated carbocycles. The van der Waals surface area contributed by atoms with Crippen molar-refractivity contribution in [1.29, 1.82) is 0 Å². The van der Waals surface area contributed by atoms with Crippen molar-refractivity contribution in [3.8, 4) is 0 Å². The molecular formula is C11H16N2O2. The zero-order valence-corrected chi connectivity index (χ0v) is 9.30. The van der Waals surface area contributed by atoms with E-state index >= 15 is 0 Å². The molecule has 0 bridgehead atoms. The van der Waals surface area contributed by atoms with Gasteiger partial charge in [-0.05, 0) is 24.6 Å². The molecule has 0 radical (unpaired) electrons. The number of ether oxygens (including phenoxy) is 1. The average Bonchev–Trinajstić information content (AvgIpc) is 2.28. The van der Waals surface area contributed by atoms with Crippen molar-refractivity contribution in [3.63, 3.8) is 0 Å². The maximum Gasteiger partial charge on any atom is 0.248 e. The highest BCUT2D eigenvalue weighted by Crippen LogP contribution is 2.17. The summed E-state index contributed by atoms with van der Waals surface area (Å²) in [5.41, 5.74) is 1.07. The van der Waals surface area contributed by atoms with E-state index in [1.165, 1.54) is 7.11 Å². The van der Waals surface area contributed by atoms with Crippen LogP contribution in [0.1, 0.15) is 18.5 Å². The Labute approximate surface area is 89.9 Å². The fraction of sp³-hybridized carbons (Fsp3) is 0.455. The van der Waals surface area contributed by atoms with Gasteiger partial charge in [-0.2, -0.15) is 0 Å². The third-order valence-electron chi connectivity index (χ3n) is 2.43. The highest BCUT2D eigenvalue weighted by atomic mass is 16.5. The molecular weight excluding hydrogens is 192 g/mol. The normalized spacial score (nSPS) is 12.2. The zero-order valence-electron chi connectivity index (χ0n) is 9.30. The summed E-state index contributed by atoms with van der Waals surface area (Å²) in [6.07, 6.45) is 3.45. The fourth-order valence-electron chi connectivity index (χ4n) is 1.31. The van der Waals surface area contributed by atoms with E-state index in [1.807, 2.05) is 19.1 Å². The highest BCUT2D eigenvalue weighted by Gasteiger charge is 2.16. The molecule has 15 heavy (non-hydrogen) atoms. The lowest BCUT2D eigenvalue weighted by Crippen LogP contribution is -2.32. The van der Waals surface area contributed by atoms with E-state index in [-0.39, 0.29) is 18.6 Å². The number of amides is 1. The molecule has 82 valence electrons. The SMILES string of the molecule is COCC(=O)N(C)C(C)c1ccncc1. The van der Waals surface area contributed by atoms with Gasteiger partial charge in [0.05, 0.1) is 6.04 Å². The van der Waals surface area contributed by atoms with E-state index in [9.17, 15) is 4.79 Å². The molecule has 4 nitrogen and oxygen atoms in total. The Hall–Kier alpha value is -1.42. The van der Waals surface area contributed by atoms with Gasteiger partial charge in [0.15, 0.2) is 0 Å². The zero-order chi connectivity index (χ0) is 11.3. The van der Waals surface area contributed by atoms with E-state index in [1.54, 1.807) is 24.3 Å². The molecule has 1 aromatic rings. The molecule has 0 aliphatic carbocycles.